The molecule has 0 fully saturated rings. The van der Waals surface area contributed by atoms with Crippen LogP contribution in [0.15, 0.2) is 53.0 Å². The predicted molar refractivity (Wildman–Crippen MR) is 95.7 cm³/mol. The highest BCUT2D eigenvalue weighted by atomic mass is 79.9. The first kappa shape index (κ1) is 17.0. The van der Waals surface area contributed by atoms with Gasteiger partial charge in [-0.2, -0.15) is 0 Å². The molecule has 0 atom stereocenters. The van der Waals surface area contributed by atoms with E-state index in [1.807, 2.05) is 31.2 Å². The minimum atomic E-state index is -0.186. The van der Waals surface area contributed by atoms with E-state index in [0.717, 1.165) is 10.2 Å². The highest BCUT2D eigenvalue weighted by Gasteiger charge is 2.07. The smallest absolute Gasteiger partial charge is 0.251 e. The topological polar surface area (TPSA) is 70.2 Å². The zero-order valence-electron chi connectivity index (χ0n) is 12.7. The molecule has 0 aliphatic rings. The minimum Gasteiger partial charge on any atom is -0.375 e. The van der Waals surface area contributed by atoms with Gasteiger partial charge in [-0.25, -0.2) is 0 Å². The van der Waals surface area contributed by atoms with E-state index in [1.165, 1.54) is 0 Å². The maximum Gasteiger partial charge on any atom is 0.251 e. The van der Waals surface area contributed by atoms with Crippen molar-refractivity contribution in [3.05, 3.63) is 58.6 Å². The van der Waals surface area contributed by atoms with Crippen LogP contribution in [0, 0.1) is 0 Å². The Bertz CT molecular complexity index is 704. The predicted octanol–water partition coefficient (Wildman–Crippen LogP) is 3.25. The standard InChI is InChI=1S/C17H18BrN3O2/c1-2-19-17(23)12-6-5-7-13(10-12)21-16(22)11-20-15-9-4-3-8-14(15)18/h3-10,20H,2,11H2,1H3,(H,19,23)(H,21,22). The van der Waals surface area contributed by atoms with Gasteiger partial charge in [0.05, 0.1) is 6.54 Å². The monoisotopic (exact) mass is 375 g/mol. The Balaban J connectivity index is 1.94. The molecule has 0 unspecified atom stereocenters. The van der Waals surface area contributed by atoms with Crippen LogP contribution in [0.5, 0.6) is 0 Å². The number of carbonyl (C=O) groups excluding carboxylic acids is 2. The normalized spacial score (nSPS) is 10.0. The summed E-state index contributed by atoms with van der Waals surface area (Å²) in [6, 6.07) is 14.4. The fraction of sp³-hybridized carbons (Fsp3) is 0.176. The number of benzene rings is 2. The molecule has 2 aromatic rings. The van der Waals surface area contributed by atoms with E-state index in [1.54, 1.807) is 24.3 Å². The number of nitrogens with one attached hydrogen (secondary N) is 3. The SMILES string of the molecule is CCNC(=O)c1cccc(NC(=O)CNc2ccccc2Br)c1. The third kappa shape index (κ3) is 5.10. The van der Waals surface area contributed by atoms with Crippen molar-refractivity contribution in [2.75, 3.05) is 23.7 Å². The lowest BCUT2D eigenvalue weighted by Crippen LogP contribution is -2.24. The van der Waals surface area contributed by atoms with E-state index in [-0.39, 0.29) is 18.4 Å². The first-order valence-corrected chi connectivity index (χ1v) is 8.06. The van der Waals surface area contributed by atoms with E-state index in [0.29, 0.717) is 17.8 Å². The molecule has 23 heavy (non-hydrogen) atoms. The highest BCUT2D eigenvalue weighted by Crippen LogP contribution is 2.20. The van der Waals surface area contributed by atoms with Crippen molar-refractivity contribution < 1.29 is 9.59 Å². The van der Waals surface area contributed by atoms with Gasteiger partial charge in [-0.15, -0.1) is 0 Å². The summed E-state index contributed by atoms with van der Waals surface area (Å²) < 4.78 is 0.894. The maximum absolute atomic E-state index is 12.0. The zero-order chi connectivity index (χ0) is 16.7. The third-order valence-corrected chi connectivity index (χ3v) is 3.75. The molecule has 6 heteroatoms. The number of para-hydroxylation sites is 1. The first-order valence-electron chi connectivity index (χ1n) is 7.26. The van der Waals surface area contributed by atoms with Gasteiger partial charge < -0.3 is 16.0 Å². The summed E-state index contributed by atoms with van der Waals surface area (Å²) in [6.45, 7) is 2.55. The summed E-state index contributed by atoms with van der Waals surface area (Å²) in [5.74, 6) is -0.344. The fourth-order valence-corrected chi connectivity index (χ4v) is 2.41. The molecule has 2 amide bonds. The molecule has 0 radical (unpaired) electrons. The Morgan fingerprint density at radius 1 is 1.09 bits per heavy atom. The molecule has 0 aliphatic heterocycles. The van der Waals surface area contributed by atoms with Crippen molar-refractivity contribution in [1.82, 2.24) is 5.32 Å². The van der Waals surface area contributed by atoms with Crippen LogP contribution in [0.4, 0.5) is 11.4 Å². The molecule has 0 bridgehead atoms. The van der Waals surface area contributed by atoms with E-state index >= 15 is 0 Å². The molecule has 0 aromatic heterocycles. The Labute approximate surface area is 143 Å². The molecule has 5 nitrogen and oxygen atoms in total. The number of halogens is 1. The molecule has 0 aliphatic carbocycles. The number of rotatable bonds is 6. The first-order chi connectivity index (χ1) is 11.1. The van der Waals surface area contributed by atoms with Crippen LogP contribution >= 0.6 is 15.9 Å². The van der Waals surface area contributed by atoms with E-state index < -0.39 is 0 Å². The van der Waals surface area contributed by atoms with Gasteiger partial charge in [0.25, 0.3) is 5.91 Å². The second-order valence-corrected chi connectivity index (χ2v) is 5.68. The van der Waals surface area contributed by atoms with Gasteiger partial charge >= 0.3 is 0 Å². The van der Waals surface area contributed by atoms with Gasteiger partial charge in [0, 0.05) is 28.0 Å². The molecule has 3 N–H and O–H groups in total. The molecular formula is C17H18BrN3O2. The number of hydrogen-bond donors (Lipinski definition) is 3. The Morgan fingerprint density at radius 3 is 2.61 bits per heavy atom. The Hall–Kier alpha value is -2.34. The summed E-state index contributed by atoms with van der Waals surface area (Å²) in [5, 5.41) is 8.55. The maximum atomic E-state index is 12.0. The molecule has 120 valence electrons. The summed E-state index contributed by atoms with van der Waals surface area (Å²) in [7, 11) is 0. The lowest BCUT2D eigenvalue weighted by molar-refractivity contribution is -0.114. The number of amides is 2. The van der Waals surface area contributed by atoms with Crippen molar-refractivity contribution in [3.63, 3.8) is 0 Å². The largest absolute Gasteiger partial charge is 0.375 e. The van der Waals surface area contributed by atoms with Crippen LogP contribution in [-0.2, 0) is 4.79 Å². The van der Waals surface area contributed by atoms with Crippen molar-refractivity contribution in [3.8, 4) is 0 Å². The van der Waals surface area contributed by atoms with Crippen LogP contribution in [0.3, 0.4) is 0 Å². The molecule has 0 saturated carbocycles. The van der Waals surface area contributed by atoms with Crippen LogP contribution in [-0.4, -0.2) is 24.9 Å². The molecule has 0 spiro atoms. The molecular weight excluding hydrogens is 358 g/mol. The summed E-state index contributed by atoms with van der Waals surface area (Å²) in [6.07, 6.45) is 0. The molecule has 2 aromatic carbocycles. The zero-order valence-corrected chi connectivity index (χ0v) is 14.3. The summed E-state index contributed by atoms with van der Waals surface area (Å²) in [5.41, 5.74) is 1.95. The van der Waals surface area contributed by atoms with Crippen molar-refractivity contribution >= 4 is 39.1 Å². The molecule has 0 heterocycles. The van der Waals surface area contributed by atoms with Gasteiger partial charge in [-0.05, 0) is 53.2 Å². The van der Waals surface area contributed by atoms with Crippen LogP contribution < -0.4 is 16.0 Å². The lowest BCUT2D eigenvalue weighted by Gasteiger charge is -2.10. The Morgan fingerprint density at radius 2 is 1.87 bits per heavy atom. The lowest BCUT2D eigenvalue weighted by atomic mass is 10.2. The molecule has 2 rings (SSSR count). The third-order valence-electron chi connectivity index (χ3n) is 3.06. The van der Waals surface area contributed by atoms with E-state index in [4.69, 9.17) is 0 Å². The van der Waals surface area contributed by atoms with Crippen molar-refractivity contribution in [1.29, 1.82) is 0 Å². The fourth-order valence-electron chi connectivity index (χ4n) is 1.99. The summed E-state index contributed by atoms with van der Waals surface area (Å²) >= 11 is 3.41. The second kappa shape index (κ2) is 8.33. The average molecular weight is 376 g/mol. The van der Waals surface area contributed by atoms with Crippen LogP contribution in [0.2, 0.25) is 0 Å². The number of hydrogen-bond acceptors (Lipinski definition) is 3. The van der Waals surface area contributed by atoms with Gasteiger partial charge in [0.1, 0.15) is 0 Å². The summed E-state index contributed by atoms with van der Waals surface area (Å²) in [4.78, 5) is 23.8. The second-order valence-electron chi connectivity index (χ2n) is 4.82. The minimum absolute atomic E-state index is 0.133. The number of anilines is 2. The van der Waals surface area contributed by atoms with Crippen molar-refractivity contribution in [2.45, 2.75) is 6.92 Å². The average Bonchev–Trinajstić information content (AvgIpc) is 2.54. The number of carbonyl (C=O) groups is 2. The highest BCUT2D eigenvalue weighted by molar-refractivity contribution is 9.10. The van der Waals surface area contributed by atoms with Crippen molar-refractivity contribution in [2.24, 2.45) is 0 Å². The van der Waals surface area contributed by atoms with Crippen LogP contribution in [0.1, 0.15) is 17.3 Å². The van der Waals surface area contributed by atoms with Gasteiger partial charge in [0.15, 0.2) is 0 Å². The van der Waals surface area contributed by atoms with Crippen LogP contribution in [0.25, 0.3) is 0 Å². The quantitative estimate of drug-likeness (QED) is 0.725. The van der Waals surface area contributed by atoms with Gasteiger partial charge in [-0.3, -0.25) is 9.59 Å². The molecule has 0 saturated heterocycles. The Kier molecular flexibility index (Phi) is 6.17. The van der Waals surface area contributed by atoms with Gasteiger partial charge in [-0.1, -0.05) is 18.2 Å². The van der Waals surface area contributed by atoms with E-state index in [9.17, 15) is 9.59 Å². The van der Waals surface area contributed by atoms with Gasteiger partial charge in [0.2, 0.25) is 5.91 Å². The van der Waals surface area contributed by atoms with E-state index in [2.05, 4.69) is 31.9 Å².